The summed E-state index contributed by atoms with van der Waals surface area (Å²) in [6.07, 6.45) is 2.48. The molecule has 1 heterocycles. The third-order valence-electron chi connectivity index (χ3n) is 3.57. The van der Waals surface area contributed by atoms with Crippen LogP contribution in [0, 0.1) is 0 Å². The van der Waals surface area contributed by atoms with Gasteiger partial charge in [-0.15, -0.1) is 0 Å². The molecule has 0 unspecified atom stereocenters. The van der Waals surface area contributed by atoms with Crippen LogP contribution in [0.15, 0.2) is 60.8 Å². The zero-order valence-electron chi connectivity index (χ0n) is 13.0. The van der Waals surface area contributed by atoms with E-state index in [1.807, 2.05) is 54.6 Å². The van der Waals surface area contributed by atoms with E-state index in [4.69, 9.17) is 16.3 Å². The van der Waals surface area contributed by atoms with Crippen molar-refractivity contribution in [3.8, 4) is 5.75 Å². The van der Waals surface area contributed by atoms with Gasteiger partial charge in [-0.05, 0) is 48.4 Å². The fourth-order valence-electron chi connectivity index (χ4n) is 2.38. The number of benzene rings is 2. The third-order valence-corrected chi connectivity index (χ3v) is 3.80. The van der Waals surface area contributed by atoms with Gasteiger partial charge in [0.05, 0.1) is 5.52 Å². The maximum Gasteiger partial charge on any atom is 0.257 e. The molecule has 1 amide bonds. The molecule has 0 saturated carbocycles. The zero-order valence-corrected chi connectivity index (χ0v) is 13.8. The zero-order chi connectivity index (χ0) is 16.8. The van der Waals surface area contributed by atoms with Crippen LogP contribution in [0.25, 0.3) is 10.9 Å². The van der Waals surface area contributed by atoms with Crippen molar-refractivity contribution in [2.24, 2.45) is 0 Å². The molecule has 0 aliphatic heterocycles. The lowest BCUT2D eigenvalue weighted by atomic mass is 10.1. The van der Waals surface area contributed by atoms with Gasteiger partial charge in [-0.25, -0.2) is 0 Å². The first-order valence-corrected chi connectivity index (χ1v) is 8.07. The number of nitrogens with one attached hydrogen (secondary N) is 1. The summed E-state index contributed by atoms with van der Waals surface area (Å²) >= 11 is 5.93. The smallest absolute Gasteiger partial charge is 0.257 e. The quantitative estimate of drug-likeness (QED) is 0.745. The highest BCUT2D eigenvalue weighted by atomic mass is 35.5. The standard InChI is InChI=1S/C19H17ClN2O2/c20-16-5-1-3-14(11-16)8-10-22-19(23)13-24-17-6-7-18-15(12-17)4-2-9-21-18/h1-7,9,11-12H,8,10,13H2,(H,22,23). The molecular weight excluding hydrogens is 324 g/mol. The van der Waals surface area contributed by atoms with Crippen LogP contribution in [0.2, 0.25) is 5.02 Å². The SMILES string of the molecule is O=C(COc1ccc2ncccc2c1)NCCc1cccc(Cl)c1. The topological polar surface area (TPSA) is 51.2 Å². The predicted molar refractivity (Wildman–Crippen MR) is 95.4 cm³/mol. The summed E-state index contributed by atoms with van der Waals surface area (Å²) in [6.45, 7) is 0.533. The van der Waals surface area contributed by atoms with Gasteiger partial charge in [0.25, 0.3) is 5.91 Å². The molecule has 24 heavy (non-hydrogen) atoms. The van der Waals surface area contributed by atoms with Crippen LogP contribution in [-0.4, -0.2) is 24.0 Å². The monoisotopic (exact) mass is 340 g/mol. The molecule has 0 radical (unpaired) electrons. The van der Waals surface area contributed by atoms with E-state index in [0.29, 0.717) is 17.3 Å². The number of carbonyl (C=O) groups excluding carboxylic acids is 1. The van der Waals surface area contributed by atoms with Crippen LogP contribution in [0.4, 0.5) is 0 Å². The lowest BCUT2D eigenvalue weighted by Gasteiger charge is -2.08. The van der Waals surface area contributed by atoms with Gasteiger partial charge < -0.3 is 10.1 Å². The number of hydrogen-bond donors (Lipinski definition) is 1. The number of rotatable bonds is 6. The molecule has 1 aromatic heterocycles. The number of hydrogen-bond acceptors (Lipinski definition) is 3. The Morgan fingerprint density at radius 2 is 2.04 bits per heavy atom. The van der Waals surface area contributed by atoms with Crippen molar-refractivity contribution in [2.45, 2.75) is 6.42 Å². The predicted octanol–water partition coefficient (Wildman–Crippen LogP) is 3.63. The normalized spacial score (nSPS) is 10.5. The summed E-state index contributed by atoms with van der Waals surface area (Å²) in [4.78, 5) is 16.1. The molecule has 122 valence electrons. The summed E-state index contributed by atoms with van der Waals surface area (Å²) in [7, 11) is 0. The molecule has 0 spiro atoms. The Morgan fingerprint density at radius 3 is 2.92 bits per heavy atom. The molecule has 0 aliphatic carbocycles. The van der Waals surface area contributed by atoms with E-state index in [9.17, 15) is 4.79 Å². The second kappa shape index (κ2) is 7.79. The Labute approximate surface area is 145 Å². The number of aromatic nitrogens is 1. The Hall–Kier alpha value is -2.59. The number of halogens is 1. The number of nitrogens with zero attached hydrogens (tertiary/aromatic N) is 1. The van der Waals surface area contributed by atoms with Gasteiger partial charge in [0.1, 0.15) is 5.75 Å². The van der Waals surface area contributed by atoms with Crippen molar-refractivity contribution in [2.75, 3.05) is 13.2 Å². The molecule has 5 heteroatoms. The lowest BCUT2D eigenvalue weighted by Crippen LogP contribution is -2.30. The molecule has 0 saturated heterocycles. The summed E-state index contributed by atoms with van der Waals surface area (Å²) in [6, 6.07) is 17.0. The van der Waals surface area contributed by atoms with E-state index in [1.54, 1.807) is 6.20 Å². The van der Waals surface area contributed by atoms with Crippen LogP contribution in [0.1, 0.15) is 5.56 Å². The van der Waals surface area contributed by atoms with E-state index in [0.717, 1.165) is 22.9 Å². The molecule has 0 bridgehead atoms. The molecule has 3 rings (SSSR count). The first kappa shape index (κ1) is 16.3. The summed E-state index contributed by atoms with van der Waals surface area (Å²) < 4.78 is 5.54. The first-order valence-electron chi connectivity index (χ1n) is 7.69. The number of pyridine rings is 1. The molecule has 2 aromatic carbocycles. The van der Waals surface area contributed by atoms with Crippen LogP contribution in [0.3, 0.4) is 0 Å². The molecular formula is C19H17ClN2O2. The van der Waals surface area contributed by atoms with Crippen molar-refractivity contribution in [3.05, 3.63) is 71.4 Å². The molecule has 3 aromatic rings. The Kier molecular flexibility index (Phi) is 5.29. The average molecular weight is 341 g/mol. The van der Waals surface area contributed by atoms with E-state index in [2.05, 4.69) is 10.3 Å². The van der Waals surface area contributed by atoms with Crippen molar-refractivity contribution < 1.29 is 9.53 Å². The van der Waals surface area contributed by atoms with Crippen molar-refractivity contribution >= 4 is 28.4 Å². The van der Waals surface area contributed by atoms with Crippen LogP contribution >= 0.6 is 11.6 Å². The maximum atomic E-state index is 11.9. The molecule has 0 fully saturated rings. The number of amides is 1. The van der Waals surface area contributed by atoms with Crippen molar-refractivity contribution in [3.63, 3.8) is 0 Å². The summed E-state index contributed by atoms with van der Waals surface area (Å²) in [5.74, 6) is 0.504. The number of ether oxygens (including phenoxy) is 1. The summed E-state index contributed by atoms with van der Waals surface area (Å²) in [5, 5.41) is 4.52. The Balaban J connectivity index is 1.46. The minimum Gasteiger partial charge on any atom is -0.484 e. The van der Waals surface area contributed by atoms with Crippen LogP contribution < -0.4 is 10.1 Å². The number of carbonyl (C=O) groups is 1. The van der Waals surface area contributed by atoms with Gasteiger partial charge in [0, 0.05) is 23.2 Å². The third kappa shape index (κ3) is 4.46. The van der Waals surface area contributed by atoms with Crippen molar-refractivity contribution in [1.29, 1.82) is 0 Å². The van der Waals surface area contributed by atoms with Crippen molar-refractivity contribution in [1.82, 2.24) is 10.3 Å². The molecule has 0 aliphatic rings. The van der Waals surface area contributed by atoms with Gasteiger partial charge in [-0.3, -0.25) is 9.78 Å². The highest BCUT2D eigenvalue weighted by Gasteiger charge is 2.04. The highest BCUT2D eigenvalue weighted by Crippen LogP contribution is 2.18. The maximum absolute atomic E-state index is 11.9. The second-order valence-corrected chi connectivity index (χ2v) is 5.81. The van der Waals surface area contributed by atoms with Gasteiger partial charge in [0.15, 0.2) is 6.61 Å². The van der Waals surface area contributed by atoms with Crippen LogP contribution in [-0.2, 0) is 11.2 Å². The average Bonchev–Trinajstić information content (AvgIpc) is 2.60. The van der Waals surface area contributed by atoms with Crippen LogP contribution in [0.5, 0.6) is 5.75 Å². The Bertz CT molecular complexity index is 851. The first-order chi connectivity index (χ1) is 11.7. The van der Waals surface area contributed by atoms with Gasteiger partial charge >= 0.3 is 0 Å². The van der Waals surface area contributed by atoms with E-state index in [-0.39, 0.29) is 12.5 Å². The van der Waals surface area contributed by atoms with Gasteiger partial charge in [-0.1, -0.05) is 29.8 Å². The fourth-order valence-corrected chi connectivity index (χ4v) is 2.60. The molecule has 1 N–H and O–H groups in total. The number of fused-ring (bicyclic) bond motifs is 1. The fraction of sp³-hybridized carbons (Fsp3) is 0.158. The van der Waals surface area contributed by atoms with Gasteiger partial charge in [0.2, 0.25) is 0 Å². The van der Waals surface area contributed by atoms with Gasteiger partial charge in [-0.2, -0.15) is 0 Å². The minimum atomic E-state index is -0.150. The second-order valence-electron chi connectivity index (χ2n) is 5.38. The van der Waals surface area contributed by atoms with E-state index < -0.39 is 0 Å². The molecule has 0 atom stereocenters. The minimum absolute atomic E-state index is 0.0126. The Morgan fingerprint density at radius 1 is 1.12 bits per heavy atom. The largest absolute Gasteiger partial charge is 0.484 e. The van der Waals surface area contributed by atoms with E-state index in [1.165, 1.54) is 0 Å². The highest BCUT2D eigenvalue weighted by molar-refractivity contribution is 6.30. The molecule has 4 nitrogen and oxygen atoms in total. The lowest BCUT2D eigenvalue weighted by molar-refractivity contribution is -0.123. The van der Waals surface area contributed by atoms with E-state index >= 15 is 0 Å². The summed E-state index contributed by atoms with van der Waals surface area (Å²) in [5.41, 5.74) is 1.99.